The molecule has 0 bridgehead atoms. The quantitative estimate of drug-likeness (QED) is 0.301. The van der Waals surface area contributed by atoms with Gasteiger partial charge in [-0.25, -0.2) is 0 Å². The van der Waals surface area contributed by atoms with E-state index in [1.165, 1.54) is 24.0 Å². The van der Waals surface area contributed by atoms with Crippen molar-refractivity contribution in [3.05, 3.63) is 35.4 Å². The standard InChI is InChI=1S/C21H32N4O.HI/c1-3-22-21(24-13-7-8-17(2)14-24)23-12-6-11-20(26)25-15-18-9-4-5-10-19(18)16-25;/h4-5,9-10,17H,3,6-8,11-16H2,1-2H3,(H,22,23);1H. The van der Waals surface area contributed by atoms with Gasteiger partial charge in [-0.15, -0.1) is 24.0 Å². The molecule has 0 aromatic heterocycles. The molecule has 1 unspecified atom stereocenters. The van der Waals surface area contributed by atoms with Crippen molar-refractivity contribution >= 4 is 35.8 Å². The Morgan fingerprint density at radius 3 is 2.56 bits per heavy atom. The molecule has 0 saturated carbocycles. The van der Waals surface area contributed by atoms with Crippen molar-refractivity contribution in [2.75, 3.05) is 26.2 Å². The number of halogens is 1. The van der Waals surface area contributed by atoms with Gasteiger partial charge >= 0.3 is 0 Å². The summed E-state index contributed by atoms with van der Waals surface area (Å²) >= 11 is 0. The molecule has 2 aliphatic heterocycles. The van der Waals surface area contributed by atoms with Crippen molar-refractivity contribution in [2.45, 2.75) is 52.6 Å². The topological polar surface area (TPSA) is 47.9 Å². The molecule has 2 heterocycles. The summed E-state index contributed by atoms with van der Waals surface area (Å²) < 4.78 is 0. The highest BCUT2D eigenvalue weighted by molar-refractivity contribution is 14.0. The predicted molar refractivity (Wildman–Crippen MR) is 121 cm³/mol. The maximum absolute atomic E-state index is 12.5. The molecule has 1 atom stereocenters. The SMILES string of the molecule is CCNC(=NCCCC(=O)N1Cc2ccccc2C1)N1CCCC(C)C1.I. The highest BCUT2D eigenvalue weighted by Crippen LogP contribution is 2.23. The van der Waals surface area contributed by atoms with Crippen molar-refractivity contribution in [1.29, 1.82) is 0 Å². The fourth-order valence-electron chi connectivity index (χ4n) is 3.89. The van der Waals surface area contributed by atoms with E-state index in [-0.39, 0.29) is 29.9 Å². The van der Waals surface area contributed by atoms with E-state index < -0.39 is 0 Å². The summed E-state index contributed by atoms with van der Waals surface area (Å²) in [4.78, 5) is 21.6. The van der Waals surface area contributed by atoms with Crippen LogP contribution in [0.1, 0.15) is 50.7 Å². The lowest BCUT2D eigenvalue weighted by Crippen LogP contribution is -2.46. The Hall–Kier alpha value is -1.31. The third-order valence-corrected chi connectivity index (χ3v) is 5.30. The Morgan fingerprint density at radius 1 is 1.22 bits per heavy atom. The number of nitrogens with zero attached hydrogens (tertiary/aromatic N) is 3. The van der Waals surface area contributed by atoms with E-state index in [1.807, 2.05) is 17.0 Å². The normalized spacial score (nSPS) is 19.5. The highest BCUT2D eigenvalue weighted by Gasteiger charge is 2.22. The molecule has 5 nitrogen and oxygen atoms in total. The summed E-state index contributed by atoms with van der Waals surface area (Å²) in [5.41, 5.74) is 2.57. The van der Waals surface area contributed by atoms with Crippen LogP contribution in [0, 0.1) is 5.92 Å². The van der Waals surface area contributed by atoms with Crippen LogP contribution >= 0.6 is 24.0 Å². The van der Waals surface area contributed by atoms with Crippen molar-refractivity contribution in [3.8, 4) is 0 Å². The molecule has 1 aromatic rings. The monoisotopic (exact) mass is 484 g/mol. The van der Waals surface area contributed by atoms with E-state index in [9.17, 15) is 4.79 Å². The Morgan fingerprint density at radius 2 is 1.93 bits per heavy atom. The van der Waals surface area contributed by atoms with Crippen LogP contribution in [0.4, 0.5) is 0 Å². The van der Waals surface area contributed by atoms with E-state index in [2.05, 4.69) is 36.2 Å². The second-order valence-corrected chi connectivity index (χ2v) is 7.55. The number of nitrogens with one attached hydrogen (secondary N) is 1. The minimum atomic E-state index is 0. The number of hydrogen-bond acceptors (Lipinski definition) is 2. The highest BCUT2D eigenvalue weighted by atomic mass is 127. The number of benzene rings is 1. The van der Waals surface area contributed by atoms with Gasteiger partial charge in [0.2, 0.25) is 5.91 Å². The lowest BCUT2D eigenvalue weighted by molar-refractivity contribution is -0.131. The second kappa shape index (κ2) is 10.9. The lowest BCUT2D eigenvalue weighted by Gasteiger charge is -2.33. The summed E-state index contributed by atoms with van der Waals surface area (Å²) in [6, 6.07) is 8.33. The zero-order chi connectivity index (χ0) is 18.4. The zero-order valence-corrected chi connectivity index (χ0v) is 18.9. The molecule has 27 heavy (non-hydrogen) atoms. The summed E-state index contributed by atoms with van der Waals surface area (Å²) in [6.45, 7) is 9.69. The first-order chi connectivity index (χ1) is 12.7. The minimum Gasteiger partial charge on any atom is -0.357 e. The van der Waals surface area contributed by atoms with Crippen LogP contribution in [0.3, 0.4) is 0 Å². The fraction of sp³-hybridized carbons (Fsp3) is 0.619. The largest absolute Gasteiger partial charge is 0.357 e. The van der Waals surface area contributed by atoms with Gasteiger partial charge < -0.3 is 15.1 Å². The van der Waals surface area contributed by atoms with Crippen LogP contribution < -0.4 is 5.32 Å². The number of amides is 1. The van der Waals surface area contributed by atoms with Gasteiger partial charge in [-0.1, -0.05) is 31.2 Å². The van der Waals surface area contributed by atoms with Gasteiger partial charge in [-0.2, -0.15) is 0 Å². The molecule has 1 amide bonds. The summed E-state index contributed by atoms with van der Waals surface area (Å²) in [7, 11) is 0. The number of guanidine groups is 1. The first-order valence-corrected chi connectivity index (χ1v) is 10.0. The van der Waals surface area contributed by atoms with Crippen molar-refractivity contribution in [2.24, 2.45) is 10.9 Å². The number of likely N-dealkylation sites (tertiary alicyclic amines) is 1. The molecular formula is C21H33IN4O. The maximum atomic E-state index is 12.5. The van der Waals surface area contributed by atoms with Gasteiger partial charge in [0.1, 0.15) is 0 Å². The van der Waals surface area contributed by atoms with E-state index >= 15 is 0 Å². The number of hydrogen-bond donors (Lipinski definition) is 1. The van der Waals surface area contributed by atoms with E-state index in [4.69, 9.17) is 4.99 Å². The summed E-state index contributed by atoms with van der Waals surface area (Å²) in [6.07, 6.45) is 3.93. The molecule has 1 saturated heterocycles. The number of carbonyl (C=O) groups is 1. The predicted octanol–water partition coefficient (Wildman–Crippen LogP) is 3.62. The molecule has 1 N–H and O–H groups in total. The summed E-state index contributed by atoms with van der Waals surface area (Å²) in [5.74, 6) is 1.99. The molecule has 0 radical (unpaired) electrons. The van der Waals surface area contributed by atoms with Crippen LogP contribution in [-0.4, -0.2) is 47.8 Å². The van der Waals surface area contributed by atoms with Gasteiger partial charge in [0, 0.05) is 45.7 Å². The van der Waals surface area contributed by atoms with Gasteiger partial charge in [0.05, 0.1) is 0 Å². The number of fused-ring (bicyclic) bond motifs is 1. The van der Waals surface area contributed by atoms with Gasteiger partial charge in [-0.3, -0.25) is 9.79 Å². The van der Waals surface area contributed by atoms with Gasteiger partial charge in [-0.05, 0) is 43.2 Å². The van der Waals surface area contributed by atoms with Crippen LogP contribution in [0.15, 0.2) is 29.3 Å². The third kappa shape index (κ3) is 6.09. The van der Waals surface area contributed by atoms with E-state index in [0.29, 0.717) is 13.0 Å². The van der Waals surface area contributed by atoms with E-state index in [1.54, 1.807) is 0 Å². The molecule has 3 rings (SSSR count). The molecule has 150 valence electrons. The lowest BCUT2D eigenvalue weighted by atomic mass is 10.0. The van der Waals surface area contributed by atoms with Crippen molar-refractivity contribution in [1.82, 2.24) is 15.1 Å². The molecular weight excluding hydrogens is 451 g/mol. The molecule has 0 aliphatic carbocycles. The molecule has 2 aliphatic rings. The van der Waals surface area contributed by atoms with Crippen LogP contribution in [0.5, 0.6) is 0 Å². The van der Waals surface area contributed by atoms with Gasteiger partial charge in [0.15, 0.2) is 5.96 Å². The van der Waals surface area contributed by atoms with Crippen molar-refractivity contribution < 1.29 is 4.79 Å². The number of rotatable bonds is 5. The Kier molecular flexibility index (Phi) is 8.86. The average molecular weight is 484 g/mol. The maximum Gasteiger partial charge on any atom is 0.223 e. The minimum absolute atomic E-state index is 0. The van der Waals surface area contributed by atoms with Crippen LogP contribution in [-0.2, 0) is 17.9 Å². The van der Waals surface area contributed by atoms with Gasteiger partial charge in [0.25, 0.3) is 0 Å². The third-order valence-electron chi connectivity index (χ3n) is 5.30. The Balaban J connectivity index is 0.00000261. The number of carbonyl (C=O) groups excluding carboxylic acids is 1. The summed E-state index contributed by atoms with van der Waals surface area (Å²) in [5, 5.41) is 3.41. The first kappa shape index (κ1) is 22.0. The van der Waals surface area contributed by atoms with Crippen LogP contribution in [0.25, 0.3) is 0 Å². The average Bonchev–Trinajstić information content (AvgIpc) is 3.08. The molecule has 1 aromatic carbocycles. The number of aliphatic imine (C=N–C) groups is 1. The second-order valence-electron chi connectivity index (χ2n) is 7.55. The first-order valence-electron chi connectivity index (χ1n) is 10.0. The van der Waals surface area contributed by atoms with Crippen molar-refractivity contribution in [3.63, 3.8) is 0 Å². The van der Waals surface area contributed by atoms with E-state index in [0.717, 1.165) is 51.0 Å². The molecule has 6 heteroatoms. The Bertz CT molecular complexity index is 624. The zero-order valence-electron chi connectivity index (χ0n) is 16.6. The van der Waals surface area contributed by atoms with Crippen LogP contribution in [0.2, 0.25) is 0 Å². The Labute approximate surface area is 180 Å². The smallest absolute Gasteiger partial charge is 0.223 e. The molecule has 0 spiro atoms. The molecule has 1 fully saturated rings. The number of piperidine rings is 1. The fourth-order valence-corrected chi connectivity index (χ4v) is 3.89.